The van der Waals surface area contributed by atoms with Crippen LogP contribution in [0.3, 0.4) is 0 Å². The number of nitro groups is 1. The van der Waals surface area contributed by atoms with E-state index < -0.39 is 22.8 Å². The zero-order chi connectivity index (χ0) is 20.7. The van der Waals surface area contributed by atoms with E-state index in [1.165, 1.54) is 24.3 Å². The number of hydrogen-bond acceptors (Lipinski definition) is 6. The second-order valence-corrected chi connectivity index (χ2v) is 6.06. The Morgan fingerprint density at radius 2 is 1.68 bits per heavy atom. The van der Waals surface area contributed by atoms with E-state index in [1.807, 2.05) is 32.0 Å². The van der Waals surface area contributed by atoms with Crippen LogP contribution in [0.2, 0.25) is 0 Å². The Bertz CT molecular complexity index is 846. The molecule has 0 saturated carbocycles. The van der Waals surface area contributed by atoms with Crippen LogP contribution >= 0.6 is 0 Å². The second-order valence-electron chi connectivity index (χ2n) is 6.06. The van der Waals surface area contributed by atoms with Gasteiger partial charge >= 0.3 is 0 Å². The van der Waals surface area contributed by atoms with Crippen molar-refractivity contribution < 1.29 is 24.0 Å². The molecule has 0 aliphatic rings. The Kier molecular flexibility index (Phi) is 6.91. The molecule has 148 valence electrons. The maximum atomic E-state index is 12.1. The highest BCUT2D eigenvalue weighted by Gasteiger charge is 2.17. The van der Waals surface area contributed by atoms with Gasteiger partial charge < -0.3 is 9.47 Å². The topological polar surface area (TPSA) is 120 Å². The van der Waals surface area contributed by atoms with Crippen LogP contribution in [0.15, 0.2) is 42.5 Å². The summed E-state index contributed by atoms with van der Waals surface area (Å²) < 4.78 is 10.9. The molecule has 28 heavy (non-hydrogen) atoms. The highest BCUT2D eigenvalue weighted by Crippen LogP contribution is 2.23. The molecule has 2 N–H and O–H groups in total. The molecule has 0 aliphatic heterocycles. The number of nitrogens with one attached hydrogen (secondary N) is 2. The van der Waals surface area contributed by atoms with Crippen molar-refractivity contribution in [1.82, 2.24) is 10.9 Å². The average molecular weight is 387 g/mol. The first-order valence-electron chi connectivity index (χ1n) is 8.46. The Balaban J connectivity index is 1.78. The fraction of sp³-hybridized carbons (Fsp3) is 0.263. The molecule has 9 heteroatoms. The molecule has 0 bridgehead atoms. The fourth-order valence-electron chi connectivity index (χ4n) is 2.30. The molecule has 2 aromatic carbocycles. The van der Waals surface area contributed by atoms with Crippen molar-refractivity contribution in [1.29, 1.82) is 0 Å². The van der Waals surface area contributed by atoms with Gasteiger partial charge in [0.2, 0.25) is 0 Å². The molecule has 0 aromatic heterocycles. The van der Waals surface area contributed by atoms with Gasteiger partial charge in [-0.05, 0) is 44.0 Å². The van der Waals surface area contributed by atoms with Crippen LogP contribution < -0.4 is 20.3 Å². The van der Waals surface area contributed by atoms with Crippen molar-refractivity contribution >= 4 is 17.5 Å². The predicted molar refractivity (Wildman–Crippen MR) is 101 cm³/mol. The molecule has 1 atom stereocenters. The van der Waals surface area contributed by atoms with E-state index >= 15 is 0 Å². The molecule has 0 heterocycles. The lowest BCUT2D eigenvalue weighted by atomic mass is 10.1. The van der Waals surface area contributed by atoms with Gasteiger partial charge in [0.15, 0.2) is 12.7 Å². The molecule has 9 nitrogen and oxygen atoms in total. The van der Waals surface area contributed by atoms with Gasteiger partial charge in [-0.25, -0.2) is 0 Å². The third-order valence-corrected chi connectivity index (χ3v) is 3.82. The molecular formula is C19H21N3O6. The number of nitrogens with zero attached hydrogens (tertiary/aromatic N) is 1. The zero-order valence-corrected chi connectivity index (χ0v) is 15.7. The normalized spacial score (nSPS) is 11.2. The number of aryl methyl sites for hydroxylation is 2. The van der Waals surface area contributed by atoms with E-state index in [0.29, 0.717) is 11.5 Å². The number of hydrazine groups is 1. The average Bonchev–Trinajstić information content (AvgIpc) is 2.67. The second kappa shape index (κ2) is 9.36. The van der Waals surface area contributed by atoms with Crippen molar-refractivity contribution in [3.8, 4) is 11.5 Å². The highest BCUT2D eigenvalue weighted by atomic mass is 16.6. The first kappa shape index (κ1) is 20.7. The summed E-state index contributed by atoms with van der Waals surface area (Å²) in [5.41, 5.74) is 6.22. The van der Waals surface area contributed by atoms with E-state index in [4.69, 9.17) is 9.47 Å². The number of non-ortho nitro benzene ring substituents is 1. The lowest BCUT2D eigenvalue weighted by Crippen LogP contribution is -2.48. The van der Waals surface area contributed by atoms with Crippen LogP contribution in [0.5, 0.6) is 11.5 Å². The lowest BCUT2D eigenvalue weighted by molar-refractivity contribution is -0.384. The third-order valence-electron chi connectivity index (χ3n) is 3.82. The van der Waals surface area contributed by atoms with Crippen LogP contribution in [-0.4, -0.2) is 29.4 Å². The molecule has 2 rings (SSSR count). The summed E-state index contributed by atoms with van der Waals surface area (Å²) in [5.74, 6) is -0.200. The predicted octanol–water partition coefficient (Wildman–Crippen LogP) is 2.21. The summed E-state index contributed by atoms with van der Waals surface area (Å²) in [6.45, 7) is 4.96. The van der Waals surface area contributed by atoms with Crippen LogP contribution in [0.1, 0.15) is 18.1 Å². The summed E-state index contributed by atoms with van der Waals surface area (Å²) in [6.07, 6.45) is -0.823. The Morgan fingerprint density at radius 1 is 1.07 bits per heavy atom. The van der Waals surface area contributed by atoms with Crippen molar-refractivity contribution in [2.24, 2.45) is 0 Å². The molecule has 0 aliphatic carbocycles. The number of nitro benzene ring substituents is 1. The SMILES string of the molecule is Cc1cccc(C)c1O[C@H](C)C(=O)NNC(=O)COc1ccc([N+](=O)[O-])cc1. The number of amides is 2. The molecular weight excluding hydrogens is 366 g/mol. The van der Waals surface area contributed by atoms with E-state index in [1.54, 1.807) is 6.92 Å². The first-order chi connectivity index (χ1) is 13.3. The summed E-state index contributed by atoms with van der Waals surface area (Å²) in [4.78, 5) is 33.9. The monoisotopic (exact) mass is 387 g/mol. The standard InChI is InChI=1S/C19H21N3O6/c1-12-5-4-6-13(2)18(12)28-14(3)19(24)21-20-17(23)11-27-16-9-7-15(8-10-16)22(25)26/h4-10,14H,11H2,1-3H3,(H,20,23)(H,21,24)/t14-/m1/s1. The number of ether oxygens (including phenoxy) is 2. The van der Waals surface area contributed by atoms with Crippen molar-refractivity contribution in [3.05, 3.63) is 63.7 Å². The maximum absolute atomic E-state index is 12.1. The first-order valence-corrected chi connectivity index (χ1v) is 8.46. The van der Waals surface area contributed by atoms with E-state index in [-0.39, 0.29) is 12.3 Å². The fourth-order valence-corrected chi connectivity index (χ4v) is 2.30. The maximum Gasteiger partial charge on any atom is 0.279 e. The molecule has 0 unspecified atom stereocenters. The third kappa shape index (κ3) is 5.70. The molecule has 2 amide bonds. The van der Waals surface area contributed by atoms with Crippen molar-refractivity contribution in [2.45, 2.75) is 26.9 Å². The van der Waals surface area contributed by atoms with Gasteiger partial charge in [0, 0.05) is 12.1 Å². The van der Waals surface area contributed by atoms with E-state index in [2.05, 4.69) is 10.9 Å². The molecule has 0 spiro atoms. The van der Waals surface area contributed by atoms with Crippen molar-refractivity contribution in [3.63, 3.8) is 0 Å². The Labute approximate surface area is 161 Å². The Morgan fingerprint density at radius 3 is 2.25 bits per heavy atom. The van der Waals surface area contributed by atoms with Crippen LogP contribution in [-0.2, 0) is 9.59 Å². The van der Waals surface area contributed by atoms with Gasteiger partial charge in [-0.1, -0.05) is 18.2 Å². The summed E-state index contributed by atoms with van der Waals surface area (Å²) in [7, 11) is 0. The van der Waals surface area contributed by atoms with E-state index in [9.17, 15) is 19.7 Å². The quantitative estimate of drug-likeness (QED) is 0.555. The molecule has 0 radical (unpaired) electrons. The van der Waals surface area contributed by atoms with Gasteiger partial charge in [-0.3, -0.25) is 30.6 Å². The number of para-hydroxylation sites is 1. The van der Waals surface area contributed by atoms with Crippen LogP contribution in [0.25, 0.3) is 0 Å². The number of carbonyl (C=O) groups excluding carboxylic acids is 2. The minimum absolute atomic E-state index is 0.0815. The number of carbonyl (C=O) groups is 2. The van der Waals surface area contributed by atoms with Crippen molar-refractivity contribution in [2.75, 3.05) is 6.61 Å². The minimum atomic E-state index is -0.823. The Hall–Kier alpha value is -3.62. The molecule has 0 saturated heterocycles. The summed E-state index contributed by atoms with van der Waals surface area (Å²) in [5, 5.41) is 10.6. The number of benzene rings is 2. The van der Waals surface area contributed by atoms with Gasteiger partial charge in [0.1, 0.15) is 11.5 Å². The van der Waals surface area contributed by atoms with Gasteiger partial charge in [0.25, 0.3) is 17.5 Å². The largest absolute Gasteiger partial charge is 0.484 e. The zero-order valence-electron chi connectivity index (χ0n) is 15.7. The minimum Gasteiger partial charge on any atom is -0.484 e. The van der Waals surface area contributed by atoms with Gasteiger partial charge in [-0.2, -0.15) is 0 Å². The van der Waals surface area contributed by atoms with Gasteiger partial charge in [0.05, 0.1) is 4.92 Å². The summed E-state index contributed by atoms with van der Waals surface area (Å²) in [6, 6.07) is 10.9. The number of hydrogen-bond donors (Lipinski definition) is 2. The van der Waals surface area contributed by atoms with Crippen LogP contribution in [0, 0.1) is 24.0 Å². The summed E-state index contributed by atoms with van der Waals surface area (Å²) >= 11 is 0. The molecule has 0 fully saturated rings. The smallest absolute Gasteiger partial charge is 0.279 e. The van der Waals surface area contributed by atoms with E-state index in [0.717, 1.165) is 11.1 Å². The number of rotatable bonds is 7. The highest BCUT2D eigenvalue weighted by molar-refractivity contribution is 5.85. The lowest BCUT2D eigenvalue weighted by Gasteiger charge is -2.18. The molecule has 2 aromatic rings. The van der Waals surface area contributed by atoms with Gasteiger partial charge in [-0.15, -0.1) is 0 Å². The van der Waals surface area contributed by atoms with Crippen LogP contribution in [0.4, 0.5) is 5.69 Å².